The van der Waals surface area contributed by atoms with Crippen LogP contribution < -0.4 is 16.0 Å². The van der Waals surface area contributed by atoms with Gasteiger partial charge >= 0.3 is 6.09 Å². The van der Waals surface area contributed by atoms with E-state index in [2.05, 4.69) is 20.9 Å². The fraction of sp³-hybridized carbons (Fsp3) is 0.654. The van der Waals surface area contributed by atoms with Crippen LogP contribution in [-0.4, -0.2) is 54.0 Å². The lowest BCUT2D eigenvalue weighted by Crippen LogP contribution is -2.41. The Morgan fingerprint density at radius 2 is 1.81 bits per heavy atom. The third kappa shape index (κ3) is 8.21. The van der Waals surface area contributed by atoms with Crippen molar-refractivity contribution >= 4 is 40.0 Å². The number of thiazole rings is 1. The Bertz CT molecular complexity index is 998. The lowest BCUT2D eigenvalue weighted by molar-refractivity contribution is 0.0488. The molecule has 8 nitrogen and oxygen atoms in total. The number of ether oxygens (including phenoxy) is 2. The van der Waals surface area contributed by atoms with Crippen LogP contribution in [0.15, 0.2) is 17.6 Å². The average molecular weight is 536 g/mol. The summed E-state index contributed by atoms with van der Waals surface area (Å²) in [6.07, 6.45) is 7.54. The predicted octanol–water partition coefficient (Wildman–Crippen LogP) is 6.19. The van der Waals surface area contributed by atoms with E-state index in [1.807, 2.05) is 32.2 Å². The second-order valence-corrected chi connectivity index (χ2v) is 12.0. The van der Waals surface area contributed by atoms with E-state index in [0.717, 1.165) is 87.0 Å². The van der Waals surface area contributed by atoms with E-state index < -0.39 is 5.60 Å². The van der Waals surface area contributed by atoms with Gasteiger partial charge in [-0.2, -0.15) is 0 Å². The fourth-order valence-corrected chi connectivity index (χ4v) is 5.55. The molecule has 36 heavy (non-hydrogen) atoms. The molecule has 0 atom stereocenters. The Morgan fingerprint density at radius 3 is 2.53 bits per heavy atom. The molecule has 10 heteroatoms. The molecule has 1 saturated heterocycles. The zero-order valence-corrected chi connectivity index (χ0v) is 23.0. The normalized spacial score (nSPS) is 21.1. The van der Waals surface area contributed by atoms with Crippen LogP contribution in [0, 0.1) is 11.8 Å². The molecule has 1 aliphatic carbocycles. The number of nitrogens with zero attached hydrogens (tertiary/aromatic N) is 2. The van der Waals surface area contributed by atoms with Gasteiger partial charge in [0.1, 0.15) is 11.4 Å². The number of halogens is 1. The van der Waals surface area contributed by atoms with Crippen LogP contribution in [0.25, 0.3) is 11.3 Å². The first kappa shape index (κ1) is 26.9. The lowest BCUT2D eigenvalue weighted by Gasteiger charge is -2.30. The standard InChI is InChI=1S/C26H38ClN5O3S/c1-26(2,3)35-25(33)31-19-6-4-17(5-7-19)13-28-23-12-20(21(27)15-29-23)22-16-36-24(32-22)30-14-18-8-10-34-11-9-18/h12,15-19H,4-11,13-14H2,1-3H3,(H,28,29)(H,30,32)(H,31,33). The topological polar surface area (TPSA) is 97.4 Å². The largest absolute Gasteiger partial charge is 0.444 e. The molecule has 0 radical (unpaired) electrons. The molecule has 198 valence electrons. The second-order valence-electron chi connectivity index (χ2n) is 10.8. The number of aromatic nitrogens is 2. The van der Waals surface area contributed by atoms with Crippen LogP contribution in [0.4, 0.5) is 15.7 Å². The quantitative estimate of drug-likeness (QED) is 0.370. The molecule has 3 N–H and O–H groups in total. The fourth-order valence-electron chi connectivity index (χ4n) is 4.63. The van der Waals surface area contributed by atoms with Crippen molar-refractivity contribution in [3.63, 3.8) is 0 Å². The summed E-state index contributed by atoms with van der Waals surface area (Å²) in [7, 11) is 0. The summed E-state index contributed by atoms with van der Waals surface area (Å²) >= 11 is 8.08. The molecule has 3 heterocycles. The molecular formula is C26H38ClN5O3S. The first-order valence-corrected chi connectivity index (χ1v) is 14.2. The van der Waals surface area contributed by atoms with Gasteiger partial charge in [-0.1, -0.05) is 11.6 Å². The highest BCUT2D eigenvalue weighted by Crippen LogP contribution is 2.32. The van der Waals surface area contributed by atoms with E-state index in [1.165, 1.54) is 0 Å². The number of carbonyl (C=O) groups excluding carboxylic acids is 1. The minimum atomic E-state index is -0.475. The number of hydrogen-bond acceptors (Lipinski definition) is 8. The first-order chi connectivity index (χ1) is 17.2. The van der Waals surface area contributed by atoms with Gasteiger partial charge in [0.2, 0.25) is 0 Å². The number of nitrogens with one attached hydrogen (secondary N) is 3. The molecule has 2 aromatic rings. The van der Waals surface area contributed by atoms with Gasteiger partial charge in [-0.05, 0) is 77.2 Å². The molecular weight excluding hydrogens is 498 g/mol. The number of hydrogen-bond donors (Lipinski definition) is 3. The van der Waals surface area contributed by atoms with Crippen molar-refractivity contribution < 1.29 is 14.3 Å². The summed E-state index contributed by atoms with van der Waals surface area (Å²) in [5, 5.41) is 13.5. The molecule has 1 amide bonds. The minimum Gasteiger partial charge on any atom is -0.444 e. The molecule has 0 unspecified atom stereocenters. The molecule has 0 spiro atoms. The highest BCUT2D eigenvalue weighted by Gasteiger charge is 2.25. The van der Waals surface area contributed by atoms with Gasteiger partial charge in [0, 0.05) is 49.5 Å². The van der Waals surface area contributed by atoms with Crippen LogP contribution in [0.1, 0.15) is 59.3 Å². The highest BCUT2D eigenvalue weighted by molar-refractivity contribution is 7.14. The molecule has 0 bridgehead atoms. The summed E-state index contributed by atoms with van der Waals surface area (Å²) in [5.41, 5.74) is 1.27. The van der Waals surface area contributed by atoms with Crippen molar-refractivity contribution in [3.8, 4) is 11.3 Å². The first-order valence-electron chi connectivity index (χ1n) is 12.9. The number of amides is 1. The molecule has 1 saturated carbocycles. The van der Waals surface area contributed by atoms with Gasteiger partial charge in [-0.3, -0.25) is 0 Å². The van der Waals surface area contributed by atoms with E-state index in [-0.39, 0.29) is 12.1 Å². The third-order valence-corrected chi connectivity index (χ3v) is 7.76. The van der Waals surface area contributed by atoms with Crippen LogP contribution in [0.2, 0.25) is 5.02 Å². The Morgan fingerprint density at radius 1 is 1.11 bits per heavy atom. The maximum absolute atomic E-state index is 12.0. The van der Waals surface area contributed by atoms with Crippen LogP contribution in [0.3, 0.4) is 0 Å². The van der Waals surface area contributed by atoms with Gasteiger partial charge < -0.3 is 25.4 Å². The van der Waals surface area contributed by atoms with Gasteiger partial charge in [-0.25, -0.2) is 14.8 Å². The van der Waals surface area contributed by atoms with E-state index in [1.54, 1.807) is 17.5 Å². The van der Waals surface area contributed by atoms with Gasteiger partial charge in [0.15, 0.2) is 5.13 Å². The predicted molar refractivity (Wildman–Crippen MR) is 146 cm³/mol. The zero-order chi connectivity index (χ0) is 25.5. The lowest BCUT2D eigenvalue weighted by atomic mass is 9.86. The van der Waals surface area contributed by atoms with E-state index in [9.17, 15) is 4.79 Å². The van der Waals surface area contributed by atoms with Crippen molar-refractivity contribution in [1.29, 1.82) is 0 Å². The van der Waals surface area contributed by atoms with Crippen LogP contribution >= 0.6 is 22.9 Å². The molecule has 1 aliphatic heterocycles. The summed E-state index contributed by atoms with van der Waals surface area (Å²) in [5.74, 6) is 1.96. The van der Waals surface area contributed by atoms with Crippen molar-refractivity contribution in [2.24, 2.45) is 11.8 Å². The smallest absolute Gasteiger partial charge is 0.407 e. The molecule has 4 rings (SSSR count). The number of rotatable bonds is 8. The summed E-state index contributed by atoms with van der Waals surface area (Å²) < 4.78 is 10.8. The molecule has 2 fully saturated rings. The number of anilines is 2. The van der Waals surface area contributed by atoms with Crippen molar-refractivity contribution in [3.05, 3.63) is 22.7 Å². The number of pyridine rings is 1. The molecule has 2 aliphatic rings. The van der Waals surface area contributed by atoms with E-state index >= 15 is 0 Å². The van der Waals surface area contributed by atoms with Gasteiger partial charge in [0.25, 0.3) is 0 Å². The van der Waals surface area contributed by atoms with Crippen molar-refractivity contribution in [1.82, 2.24) is 15.3 Å². The van der Waals surface area contributed by atoms with Gasteiger partial charge in [-0.15, -0.1) is 11.3 Å². The Balaban J connectivity index is 1.24. The third-order valence-electron chi connectivity index (χ3n) is 6.66. The Kier molecular flexibility index (Phi) is 9.30. The summed E-state index contributed by atoms with van der Waals surface area (Å²) in [6, 6.07) is 2.16. The Hall–Kier alpha value is -2.10. The second kappa shape index (κ2) is 12.4. The molecule has 2 aromatic heterocycles. The highest BCUT2D eigenvalue weighted by atomic mass is 35.5. The van der Waals surface area contributed by atoms with E-state index in [0.29, 0.717) is 16.9 Å². The van der Waals surface area contributed by atoms with E-state index in [4.69, 9.17) is 26.1 Å². The maximum Gasteiger partial charge on any atom is 0.407 e. The van der Waals surface area contributed by atoms with Crippen LogP contribution in [0.5, 0.6) is 0 Å². The Labute approximate surface area is 222 Å². The van der Waals surface area contributed by atoms with Crippen molar-refractivity contribution in [2.75, 3.05) is 36.9 Å². The average Bonchev–Trinajstić information content (AvgIpc) is 3.31. The SMILES string of the molecule is CC(C)(C)OC(=O)NC1CCC(CNc2cc(-c3csc(NCC4CCOCC4)n3)c(Cl)cn2)CC1. The monoisotopic (exact) mass is 535 g/mol. The summed E-state index contributed by atoms with van der Waals surface area (Å²) in [4.78, 5) is 21.3. The summed E-state index contributed by atoms with van der Waals surface area (Å²) in [6.45, 7) is 9.09. The number of alkyl carbamates (subject to hydrolysis) is 1. The van der Waals surface area contributed by atoms with Gasteiger partial charge in [0.05, 0.1) is 10.7 Å². The number of carbonyl (C=O) groups is 1. The maximum atomic E-state index is 12.0. The van der Waals surface area contributed by atoms with Crippen LogP contribution in [-0.2, 0) is 9.47 Å². The minimum absolute atomic E-state index is 0.176. The van der Waals surface area contributed by atoms with Crippen molar-refractivity contribution in [2.45, 2.75) is 70.9 Å². The molecule has 0 aromatic carbocycles. The zero-order valence-electron chi connectivity index (χ0n) is 21.4.